The second-order valence-corrected chi connectivity index (χ2v) is 6.38. The molecule has 0 radical (unpaired) electrons. The lowest BCUT2D eigenvalue weighted by Crippen LogP contribution is -2.49. The number of nitrogens with one attached hydrogen (secondary N) is 1. The molecule has 2 rings (SSSR count). The van der Waals surface area contributed by atoms with Gasteiger partial charge in [0.2, 0.25) is 0 Å². The minimum absolute atomic E-state index is 0.0297. The summed E-state index contributed by atoms with van der Waals surface area (Å²) < 4.78 is 0. The highest BCUT2D eigenvalue weighted by molar-refractivity contribution is 6.31. The van der Waals surface area contributed by atoms with E-state index in [1.54, 1.807) is 0 Å². The first-order valence-corrected chi connectivity index (χ1v) is 7.84. The van der Waals surface area contributed by atoms with E-state index in [1.807, 2.05) is 6.92 Å². The van der Waals surface area contributed by atoms with E-state index in [9.17, 15) is 19.7 Å². The van der Waals surface area contributed by atoms with Crippen LogP contribution in [-0.4, -0.2) is 40.0 Å². The maximum absolute atomic E-state index is 12.3. The van der Waals surface area contributed by atoms with Crippen LogP contribution in [0.1, 0.15) is 18.9 Å². The molecule has 9 heteroatoms. The smallest absolute Gasteiger partial charge is 0.317 e. The molecule has 2 atom stereocenters. The Balaban J connectivity index is 2.01. The standard InChI is InChI=1S/C15H18ClN3O5/c1-9-4-11(14(20)21)8-18(7-9)15(22)17-6-10-5-12(19(23)24)2-3-13(10)16/h2-3,5,9,11H,4,6-8H2,1H3,(H,17,22)(H,20,21). The fourth-order valence-corrected chi connectivity index (χ4v) is 2.97. The van der Waals surface area contributed by atoms with E-state index in [1.165, 1.54) is 23.1 Å². The third kappa shape index (κ3) is 4.35. The Labute approximate surface area is 143 Å². The van der Waals surface area contributed by atoms with Crippen LogP contribution in [0.2, 0.25) is 5.02 Å². The molecule has 1 aliphatic heterocycles. The molecule has 0 aromatic heterocycles. The Bertz CT molecular complexity index is 667. The average molecular weight is 356 g/mol. The van der Waals surface area contributed by atoms with Crippen molar-refractivity contribution in [2.75, 3.05) is 13.1 Å². The third-order valence-electron chi connectivity index (χ3n) is 3.97. The van der Waals surface area contributed by atoms with Gasteiger partial charge in [0, 0.05) is 36.8 Å². The number of halogens is 1. The van der Waals surface area contributed by atoms with Crippen LogP contribution in [0, 0.1) is 22.0 Å². The van der Waals surface area contributed by atoms with Crippen LogP contribution in [0.15, 0.2) is 18.2 Å². The Morgan fingerprint density at radius 1 is 1.46 bits per heavy atom. The number of non-ortho nitro benzene ring substituents is 1. The van der Waals surface area contributed by atoms with Crippen LogP contribution in [0.4, 0.5) is 10.5 Å². The van der Waals surface area contributed by atoms with Gasteiger partial charge in [0.1, 0.15) is 0 Å². The lowest BCUT2D eigenvalue weighted by Gasteiger charge is -2.34. The summed E-state index contributed by atoms with van der Waals surface area (Å²) in [5.74, 6) is -1.41. The predicted molar refractivity (Wildman–Crippen MR) is 86.8 cm³/mol. The minimum Gasteiger partial charge on any atom is -0.481 e. The fourth-order valence-electron chi connectivity index (χ4n) is 2.79. The van der Waals surface area contributed by atoms with Crippen molar-refractivity contribution in [3.63, 3.8) is 0 Å². The van der Waals surface area contributed by atoms with Crippen molar-refractivity contribution in [2.45, 2.75) is 19.9 Å². The average Bonchev–Trinajstić information content (AvgIpc) is 2.52. The lowest BCUT2D eigenvalue weighted by molar-refractivity contribution is -0.384. The second-order valence-electron chi connectivity index (χ2n) is 5.97. The number of aliphatic carboxylic acids is 1. The molecule has 2 unspecified atom stereocenters. The molecule has 130 valence electrons. The summed E-state index contributed by atoms with van der Waals surface area (Å²) in [5.41, 5.74) is 0.320. The number of carbonyl (C=O) groups excluding carboxylic acids is 1. The molecule has 1 heterocycles. The van der Waals surface area contributed by atoms with Gasteiger partial charge in [-0.05, 0) is 24.0 Å². The zero-order valence-electron chi connectivity index (χ0n) is 13.1. The Hall–Kier alpha value is -2.35. The summed E-state index contributed by atoms with van der Waals surface area (Å²) in [4.78, 5) is 35.1. The molecule has 1 aromatic carbocycles. The maximum atomic E-state index is 12.3. The molecule has 1 aliphatic rings. The monoisotopic (exact) mass is 355 g/mol. The number of carboxylic acids is 1. The first kappa shape index (κ1) is 18.0. The predicted octanol–water partition coefficient (Wildman–Crippen LogP) is 2.50. The summed E-state index contributed by atoms with van der Waals surface area (Å²) in [6.07, 6.45) is 0.538. The van der Waals surface area contributed by atoms with Crippen molar-refractivity contribution in [1.82, 2.24) is 10.2 Å². The van der Waals surface area contributed by atoms with Crippen LogP contribution in [0.3, 0.4) is 0 Å². The number of likely N-dealkylation sites (tertiary alicyclic amines) is 1. The molecule has 24 heavy (non-hydrogen) atoms. The number of nitro benzene ring substituents is 1. The van der Waals surface area contributed by atoms with Crippen LogP contribution in [0.5, 0.6) is 0 Å². The van der Waals surface area contributed by atoms with E-state index in [2.05, 4.69) is 5.32 Å². The largest absolute Gasteiger partial charge is 0.481 e. The zero-order chi connectivity index (χ0) is 17.9. The number of amides is 2. The first-order valence-electron chi connectivity index (χ1n) is 7.46. The lowest BCUT2D eigenvalue weighted by atomic mass is 9.91. The van der Waals surface area contributed by atoms with Crippen LogP contribution >= 0.6 is 11.6 Å². The van der Waals surface area contributed by atoms with E-state index in [-0.39, 0.29) is 24.7 Å². The number of hydrogen-bond donors (Lipinski definition) is 2. The van der Waals surface area contributed by atoms with Gasteiger partial charge in [-0.1, -0.05) is 18.5 Å². The van der Waals surface area contributed by atoms with Gasteiger partial charge in [0.05, 0.1) is 10.8 Å². The molecule has 8 nitrogen and oxygen atoms in total. The summed E-state index contributed by atoms with van der Waals surface area (Å²) in [6, 6.07) is 3.60. The highest BCUT2D eigenvalue weighted by Crippen LogP contribution is 2.23. The van der Waals surface area contributed by atoms with Crippen LogP contribution in [0.25, 0.3) is 0 Å². The molecule has 2 amide bonds. The first-order chi connectivity index (χ1) is 11.3. The number of benzene rings is 1. The van der Waals surface area contributed by atoms with Gasteiger partial charge in [-0.25, -0.2) is 4.79 Å². The number of nitro groups is 1. The topological polar surface area (TPSA) is 113 Å². The van der Waals surface area contributed by atoms with E-state index in [0.717, 1.165) is 0 Å². The third-order valence-corrected chi connectivity index (χ3v) is 4.34. The van der Waals surface area contributed by atoms with Gasteiger partial charge in [-0.3, -0.25) is 14.9 Å². The molecule has 1 fully saturated rings. The Morgan fingerprint density at radius 3 is 2.79 bits per heavy atom. The van der Waals surface area contributed by atoms with Crippen molar-refractivity contribution < 1.29 is 19.6 Å². The van der Waals surface area contributed by atoms with E-state index >= 15 is 0 Å². The summed E-state index contributed by atoms with van der Waals surface area (Å²) in [5, 5.41) is 22.9. The van der Waals surface area contributed by atoms with Crippen molar-refractivity contribution in [2.24, 2.45) is 11.8 Å². The van der Waals surface area contributed by atoms with Gasteiger partial charge in [0.15, 0.2) is 0 Å². The normalized spacial score (nSPS) is 20.5. The van der Waals surface area contributed by atoms with E-state index in [0.29, 0.717) is 23.6 Å². The molecule has 2 N–H and O–H groups in total. The molecule has 0 saturated carbocycles. The number of carboxylic acid groups (broad SMARTS) is 1. The number of nitrogens with zero attached hydrogens (tertiary/aromatic N) is 2. The van der Waals surface area contributed by atoms with Crippen LogP contribution < -0.4 is 5.32 Å². The van der Waals surface area contributed by atoms with Gasteiger partial charge >= 0.3 is 12.0 Å². The number of rotatable bonds is 4. The minimum atomic E-state index is -0.916. The Kier molecular flexibility index (Phi) is 5.61. The molecular formula is C15H18ClN3O5. The highest BCUT2D eigenvalue weighted by Gasteiger charge is 2.31. The summed E-state index contributed by atoms with van der Waals surface area (Å²) in [6.45, 7) is 2.54. The van der Waals surface area contributed by atoms with Crippen molar-refractivity contribution >= 4 is 29.3 Å². The van der Waals surface area contributed by atoms with Crippen molar-refractivity contribution in [3.05, 3.63) is 38.9 Å². The van der Waals surface area contributed by atoms with Gasteiger partial charge in [-0.2, -0.15) is 0 Å². The molecule has 1 saturated heterocycles. The maximum Gasteiger partial charge on any atom is 0.317 e. The van der Waals surface area contributed by atoms with Crippen molar-refractivity contribution in [1.29, 1.82) is 0 Å². The fraction of sp³-hybridized carbons (Fsp3) is 0.467. The van der Waals surface area contributed by atoms with Crippen LogP contribution in [-0.2, 0) is 11.3 Å². The molecule has 0 bridgehead atoms. The quantitative estimate of drug-likeness (QED) is 0.636. The number of urea groups is 1. The van der Waals surface area contributed by atoms with E-state index in [4.69, 9.17) is 16.7 Å². The number of carbonyl (C=O) groups is 2. The SMILES string of the molecule is CC1CC(C(=O)O)CN(C(=O)NCc2cc([N+](=O)[O-])ccc2Cl)C1. The molecular weight excluding hydrogens is 338 g/mol. The number of piperidine rings is 1. The number of hydrogen-bond acceptors (Lipinski definition) is 4. The zero-order valence-corrected chi connectivity index (χ0v) is 13.8. The van der Waals surface area contributed by atoms with Gasteiger partial charge in [0.25, 0.3) is 5.69 Å². The highest BCUT2D eigenvalue weighted by atomic mass is 35.5. The summed E-state index contributed by atoms with van der Waals surface area (Å²) in [7, 11) is 0. The molecule has 0 spiro atoms. The van der Waals surface area contributed by atoms with Crippen molar-refractivity contribution in [3.8, 4) is 0 Å². The second kappa shape index (κ2) is 7.48. The molecule has 0 aliphatic carbocycles. The Morgan fingerprint density at radius 2 is 2.17 bits per heavy atom. The van der Waals surface area contributed by atoms with Gasteiger partial charge < -0.3 is 15.3 Å². The summed E-state index contributed by atoms with van der Waals surface area (Å²) >= 11 is 5.99. The van der Waals surface area contributed by atoms with Gasteiger partial charge in [-0.15, -0.1) is 0 Å². The molecule has 1 aromatic rings. The van der Waals surface area contributed by atoms with E-state index < -0.39 is 22.8 Å².